The molecule has 2 amide bonds. The van der Waals surface area contributed by atoms with Gasteiger partial charge in [0.1, 0.15) is 18.2 Å². The van der Waals surface area contributed by atoms with Crippen LogP contribution in [0.2, 0.25) is 0 Å². The van der Waals surface area contributed by atoms with E-state index in [2.05, 4.69) is 29.6 Å². The maximum absolute atomic E-state index is 14.7. The number of halogens is 1. The number of fused-ring (bicyclic) bond motifs is 3. The molecule has 0 saturated heterocycles. The van der Waals surface area contributed by atoms with E-state index in [1.54, 1.807) is 30.2 Å². The van der Waals surface area contributed by atoms with Crippen LogP contribution < -0.4 is 10.1 Å². The summed E-state index contributed by atoms with van der Waals surface area (Å²) in [4.78, 5) is 28.4. The zero-order valence-electron chi connectivity index (χ0n) is 23.9. The topological polar surface area (TPSA) is 67.9 Å². The molecule has 0 fully saturated rings. The third-order valence-corrected chi connectivity index (χ3v) is 8.24. The molecule has 1 aliphatic heterocycles. The van der Waals surface area contributed by atoms with Crippen molar-refractivity contribution >= 4 is 12.0 Å². The highest BCUT2D eigenvalue weighted by Gasteiger charge is 2.31. The number of hydrogen-bond acceptors (Lipinski definition) is 4. The molecular formula is C36H33FN2O4. The van der Waals surface area contributed by atoms with Crippen LogP contribution in [0.15, 0.2) is 109 Å². The summed E-state index contributed by atoms with van der Waals surface area (Å²) in [6, 6.07) is 29.4. The molecule has 0 spiro atoms. The van der Waals surface area contributed by atoms with E-state index in [-0.39, 0.29) is 37.2 Å². The van der Waals surface area contributed by atoms with Gasteiger partial charge in [0.05, 0.1) is 13.2 Å². The summed E-state index contributed by atoms with van der Waals surface area (Å²) < 4.78 is 25.7. The maximum Gasteiger partial charge on any atom is 0.407 e. The van der Waals surface area contributed by atoms with E-state index >= 15 is 0 Å². The minimum absolute atomic E-state index is 0.0512. The van der Waals surface area contributed by atoms with Crippen molar-refractivity contribution in [1.29, 1.82) is 0 Å². The molecule has 0 unspecified atom stereocenters. The molecule has 218 valence electrons. The smallest absolute Gasteiger partial charge is 0.407 e. The van der Waals surface area contributed by atoms with Gasteiger partial charge in [-0.25, -0.2) is 9.18 Å². The number of nitrogens with zero attached hydrogens (tertiary/aromatic N) is 1. The number of alkyl carbamates (subject to hydrolysis) is 1. The third kappa shape index (κ3) is 6.02. The fourth-order valence-corrected chi connectivity index (χ4v) is 6.05. The molecule has 43 heavy (non-hydrogen) atoms. The van der Waals surface area contributed by atoms with E-state index in [0.717, 1.165) is 27.8 Å². The SMILES string of the molecule is COc1ccc([C@H]2/C=C\C[C@H](NC(=O)OCC3c4ccccc4-c4ccccc43)CC(=O)N2Cc2ccccc2F)cc1. The number of benzene rings is 4. The number of carbonyl (C=O) groups is 2. The minimum atomic E-state index is -0.569. The molecule has 7 heteroatoms. The van der Waals surface area contributed by atoms with Crippen molar-refractivity contribution in [2.45, 2.75) is 37.4 Å². The van der Waals surface area contributed by atoms with E-state index in [0.29, 0.717) is 17.7 Å². The Morgan fingerprint density at radius 3 is 2.23 bits per heavy atom. The van der Waals surface area contributed by atoms with Gasteiger partial charge in [-0.1, -0.05) is 91.0 Å². The van der Waals surface area contributed by atoms with Crippen LogP contribution in [0.3, 0.4) is 0 Å². The fourth-order valence-electron chi connectivity index (χ4n) is 6.05. The number of nitrogens with one attached hydrogen (secondary N) is 1. The molecule has 4 aromatic rings. The van der Waals surface area contributed by atoms with Gasteiger partial charge in [0.25, 0.3) is 0 Å². The number of amides is 2. The Morgan fingerprint density at radius 1 is 0.907 bits per heavy atom. The van der Waals surface area contributed by atoms with Crippen molar-refractivity contribution in [3.8, 4) is 16.9 Å². The number of carbonyl (C=O) groups excluding carboxylic acids is 2. The van der Waals surface area contributed by atoms with Crippen LogP contribution in [-0.2, 0) is 16.1 Å². The van der Waals surface area contributed by atoms with Crippen LogP contribution in [0.4, 0.5) is 9.18 Å². The van der Waals surface area contributed by atoms with Crippen molar-refractivity contribution in [2.75, 3.05) is 13.7 Å². The first kappa shape index (κ1) is 28.2. The van der Waals surface area contributed by atoms with E-state index in [4.69, 9.17) is 9.47 Å². The van der Waals surface area contributed by atoms with E-state index < -0.39 is 18.2 Å². The molecular weight excluding hydrogens is 543 g/mol. The quantitative estimate of drug-likeness (QED) is 0.237. The molecule has 2 aliphatic rings. The van der Waals surface area contributed by atoms with Gasteiger partial charge in [-0.2, -0.15) is 0 Å². The lowest BCUT2D eigenvalue weighted by molar-refractivity contribution is -0.134. The largest absolute Gasteiger partial charge is 0.497 e. The summed E-state index contributed by atoms with van der Waals surface area (Å²) >= 11 is 0. The zero-order valence-corrected chi connectivity index (χ0v) is 23.9. The predicted octanol–water partition coefficient (Wildman–Crippen LogP) is 7.16. The Kier molecular flexibility index (Phi) is 8.22. The Bertz CT molecular complexity index is 1610. The molecule has 4 aromatic carbocycles. The van der Waals surface area contributed by atoms with Gasteiger partial charge in [-0.05, 0) is 52.4 Å². The number of hydrogen-bond donors (Lipinski definition) is 1. The summed E-state index contributed by atoms with van der Waals surface area (Å²) in [6.45, 7) is 0.277. The van der Waals surface area contributed by atoms with Crippen molar-refractivity contribution in [3.05, 3.63) is 137 Å². The molecule has 0 aromatic heterocycles. The average Bonchev–Trinajstić information content (AvgIpc) is 3.35. The van der Waals surface area contributed by atoms with Gasteiger partial charge in [0, 0.05) is 30.5 Å². The summed E-state index contributed by atoms with van der Waals surface area (Å²) in [5, 5.41) is 2.90. The molecule has 1 N–H and O–H groups in total. The Morgan fingerprint density at radius 2 is 1.56 bits per heavy atom. The molecule has 0 radical (unpaired) electrons. The van der Waals surface area contributed by atoms with Crippen molar-refractivity contribution in [3.63, 3.8) is 0 Å². The van der Waals surface area contributed by atoms with Crippen LogP contribution in [-0.4, -0.2) is 36.7 Å². The Balaban J connectivity index is 1.17. The lowest BCUT2D eigenvalue weighted by Crippen LogP contribution is -2.43. The van der Waals surface area contributed by atoms with Gasteiger partial charge in [-0.15, -0.1) is 0 Å². The Hall–Kier alpha value is -4.91. The van der Waals surface area contributed by atoms with Crippen LogP contribution in [0.5, 0.6) is 5.75 Å². The van der Waals surface area contributed by atoms with Crippen molar-refractivity contribution < 1.29 is 23.5 Å². The average molecular weight is 577 g/mol. The van der Waals surface area contributed by atoms with E-state index in [1.807, 2.05) is 60.7 Å². The predicted molar refractivity (Wildman–Crippen MR) is 163 cm³/mol. The van der Waals surface area contributed by atoms with E-state index in [9.17, 15) is 14.0 Å². The first-order valence-corrected chi connectivity index (χ1v) is 14.5. The first-order chi connectivity index (χ1) is 21.0. The van der Waals surface area contributed by atoms with Gasteiger partial charge < -0.3 is 19.7 Å². The van der Waals surface area contributed by atoms with Gasteiger partial charge in [0.2, 0.25) is 5.91 Å². The number of rotatable bonds is 7. The van der Waals surface area contributed by atoms with E-state index in [1.165, 1.54) is 6.07 Å². The normalized spacial score (nSPS) is 18.7. The molecule has 2 atom stereocenters. The summed E-state index contributed by atoms with van der Waals surface area (Å²) in [5.41, 5.74) is 5.88. The van der Waals surface area contributed by atoms with Crippen LogP contribution in [0.25, 0.3) is 11.1 Å². The second-order valence-corrected chi connectivity index (χ2v) is 10.9. The highest BCUT2D eigenvalue weighted by Crippen LogP contribution is 2.44. The minimum Gasteiger partial charge on any atom is -0.497 e. The van der Waals surface area contributed by atoms with Gasteiger partial charge >= 0.3 is 6.09 Å². The standard InChI is InChI=1S/C36H33FN2O4/c1-42-27-19-17-24(18-20-27)34-16-8-10-26(21-35(40)39(34)22-25-9-2-7-15-33(25)37)38-36(41)43-23-32-30-13-5-3-11-28(30)29-12-4-6-14-31(29)32/h2-9,11-20,26,32,34H,10,21-23H2,1H3,(H,38,41)/b16-8-/t26-,34+/m0/s1. The second kappa shape index (κ2) is 12.5. The van der Waals surface area contributed by atoms with Crippen molar-refractivity contribution in [1.82, 2.24) is 10.2 Å². The maximum atomic E-state index is 14.7. The molecule has 1 aliphatic carbocycles. The van der Waals surface area contributed by atoms with Crippen molar-refractivity contribution in [2.24, 2.45) is 0 Å². The van der Waals surface area contributed by atoms with Crippen LogP contribution in [0.1, 0.15) is 47.1 Å². The number of methoxy groups -OCH3 is 1. The first-order valence-electron chi connectivity index (χ1n) is 14.5. The number of ether oxygens (including phenoxy) is 2. The Labute approximate surface area is 250 Å². The molecule has 6 nitrogen and oxygen atoms in total. The summed E-state index contributed by atoms with van der Waals surface area (Å²) in [7, 11) is 1.60. The highest BCUT2D eigenvalue weighted by molar-refractivity contribution is 5.80. The molecule has 0 saturated carbocycles. The van der Waals surface area contributed by atoms with Crippen LogP contribution in [0, 0.1) is 5.82 Å². The zero-order chi connectivity index (χ0) is 29.8. The molecule has 1 heterocycles. The fraction of sp³-hybridized carbons (Fsp3) is 0.222. The van der Waals surface area contributed by atoms with Gasteiger partial charge in [-0.3, -0.25) is 4.79 Å². The highest BCUT2D eigenvalue weighted by atomic mass is 19.1. The third-order valence-electron chi connectivity index (χ3n) is 8.24. The lowest BCUT2D eigenvalue weighted by atomic mass is 9.97. The monoisotopic (exact) mass is 576 g/mol. The molecule has 0 bridgehead atoms. The van der Waals surface area contributed by atoms with Gasteiger partial charge in [0.15, 0.2) is 0 Å². The lowest BCUT2D eigenvalue weighted by Gasteiger charge is -2.33. The summed E-state index contributed by atoms with van der Waals surface area (Å²) in [5.74, 6) is 0.0805. The van der Waals surface area contributed by atoms with Crippen LogP contribution >= 0.6 is 0 Å². The molecule has 6 rings (SSSR count). The summed E-state index contributed by atoms with van der Waals surface area (Å²) in [6.07, 6.45) is 3.84. The second-order valence-electron chi connectivity index (χ2n) is 10.9.